The third-order valence-electron chi connectivity index (χ3n) is 3.74. The molecule has 0 fully saturated rings. The van der Waals surface area contributed by atoms with Crippen molar-refractivity contribution in [3.05, 3.63) is 77.2 Å². The summed E-state index contributed by atoms with van der Waals surface area (Å²) < 4.78 is 20.7. The lowest BCUT2D eigenvalue weighted by Crippen LogP contribution is -2.05. The molecule has 0 aliphatic heterocycles. The van der Waals surface area contributed by atoms with E-state index in [1.165, 1.54) is 12.1 Å². The molecule has 0 amide bonds. The van der Waals surface area contributed by atoms with Gasteiger partial charge in [-0.3, -0.25) is 4.57 Å². The molecular weight excluding hydrogens is 305 g/mol. The second kappa shape index (κ2) is 6.47. The summed E-state index contributed by atoms with van der Waals surface area (Å²) in [5.74, 6) is 0.778. The lowest BCUT2D eigenvalue weighted by molar-refractivity contribution is 0.434. The first-order chi connectivity index (χ1) is 11.6. The van der Waals surface area contributed by atoms with Gasteiger partial charge in [0.05, 0.1) is 12.2 Å². The average Bonchev–Trinajstić information content (AvgIpc) is 2.87. The number of nitrogens with two attached hydrogens (primary N) is 1. The Balaban J connectivity index is 2.00. The van der Waals surface area contributed by atoms with Gasteiger partial charge in [-0.1, -0.05) is 30.3 Å². The fourth-order valence-corrected chi connectivity index (χ4v) is 2.46. The Bertz CT molecular complexity index is 907. The third-order valence-corrected chi connectivity index (χ3v) is 3.74. The zero-order valence-electron chi connectivity index (χ0n) is 13.2. The molecule has 0 saturated carbocycles. The van der Waals surface area contributed by atoms with E-state index < -0.39 is 0 Å². The Morgan fingerprint density at radius 3 is 2.54 bits per heavy atom. The van der Waals surface area contributed by atoms with Crippen molar-refractivity contribution in [3.63, 3.8) is 0 Å². The van der Waals surface area contributed by atoms with E-state index in [4.69, 9.17) is 10.5 Å². The number of ether oxygens (including phenoxy) is 1. The van der Waals surface area contributed by atoms with Crippen LogP contribution in [0.2, 0.25) is 0 Å². The van der Waals surface area contributed by atoms with Gasteiger partial charge in [-0.05, 0) is 36.2 Å². The number of nitrogens with zero attached hydrogens (tertiary/aromatic N) is 2. The van der Waals surface area contributed by atoms with Crippen LogP contribution in [0.25, 0.3) is 0 Å². The van der Waals surface area contributed by atoms with Crippen molar-refractivity contribution in [1.29, 1.82) is 5.26 Å². The molecule has 3 aromatic rings. The van der Waals surface area contributed by atoms with Gasteiger partial charge in [0.2, 0.25) is 5.88 Å². The highest BCUT2D eigenvalue weighted by Gasteiger charge is 2.16. The lowest BCUT2D eigenvalue weighted by atomic mass is 10.2. The molecule has 0 atom stereocenters. The van der Waals surface area contributed by atoms with Crippen molar-refractivity contribution >= 4 is 5.69 Å². The van der Waals surface area contributed by atoms with Gasteiger partial charge in [0.1, 0.15) is 23.3 Å². The van der Waals surface area contributed by atoms with E-state index in [-0.39, 0.29) is 5.82 Å². The van der Waals surface area contributed by atoms with Gasteiger partial charge in [-0.25, -0.2) is 4.39 Å². The Labute approximate surface area is 139 Å². The SMILES string of the molecule is Cc1ccccc1Oc1c(N)cc(C#N)n1Cc1ccc(F)cc1. The van der Waals surface area contributed by atoms with Crippen LogP contribution in [-0.2, 0) is 6.54 Å². The predicted octanol–water partition coefficient (Wildman–Crippen LogP) is 4.23. The zero-order valence-corrected chi connectivity index (χ0v) is 13.2. The van der Waals surface area contributed by atoms with Crippen molar-refractivity contribution in [2.24, 2.45) is 0 Å². The summed E-state index contributed by atoms with van der Waals surface area (Å²) >= 11 is 0. The van der Waals surface area contributed by atoms with Crippen molar-refractivity contribution < 1.29 is 9.13 Å². The van der Waals surface area contributed by atoms with Gasteiger partial charge in [0.15, 0.2) is 0 Å². The summed E-state index contributed by atoms with van der Waals surface area (Å²) in [5.41, 5.74) is 8.62. The Morgan fingerprint density at radius 2 is 1.88 bits per heavy atom. The number of hydrogen-bond donors (Lipinski definition) is 1. The molecule has 0 unspecified atom stereocenters. The molecule has 1 aromatic heterocycles. The van der Waals surface area contributed by atoms with E-state index in [1.807, 2.05) is 31.2 Å². The summed E-state index contributed by atoms with van der Waals surface area (Å²) in [6.45, 7) is 2.30. The topological polar surface area (TPSA) is 64.0 Å². The van der Waals surface area contributed by atoms with E-state index in [2.05, 4.69) is 6.07 Å². The fraction of sp³-hybridized carbons (Fsp3) is 0.105. The number of halogens is 1. The lowest BCUT2D eigenvalue weighted by Gasteiger charge is -2.14. The quantitative estimate of drug-likeness (QED) is 0.782. The normalized spacial score (nSPS) is 10.4. The minimum atomic E-state index is -0.303. The third kappa shape index (κ3) is 3.08. The molecule has 2 N–H and O–H groups in total. The van der Waals surface area contributed by atoms with E-state index in [1.54, 1.807) is 22.8 Å². The maximum Gasteiger partial charge on any atom is 0.224 e. The fourth-order valence-electron chi connectivity index (χ4n) is 2.46. The molecule has 0 radical (unpaired) electrons. The van der Waals surface area contributed by atoms with Crippen LogP contribution in [0.15, 0.2) is 54.6 Å². The maximum absolute atomic E-state index is 13.1. The van der Waals surface area contributed by atoms with Crippen molar-refractivity contribution in [2.45, 2.75) is 13.5 Å². The van der Waals surface area contributed by atoms with Gasteiger partial charge in [-0.15, -0.1) is 0 Å². The minimum Gasteiger partial charge on any atom is -0.438 e. The highest BCUT2D eigenvalue weighted by atomic mass is 19.1. The van der Waals surface area contributed by atoms with E-state index in [0.717, 1.165) is 11.1 Å². The van der Waals surface area contributed by atoms with Gasteiger partial charge < -0.3 is 10.5 Å². The summed E-state index contributed by atoms with van der Waals surface area (Å²) in [6.07, 6.45) is 0. The Hall–Kier alpha value is -3.26. The molecule has 0 aliphatic rings. The molecule has 0 aliphatic carbocycles. The Morgan fingerprint density at radius 1 is 1.17 bits per heavy atom. The monoisotopic (exact) mass is 321 g/mol. The number of aryl methyl sites for hydroxylation is 1. The molecule has 4 nitrogen and oxygen atoms in total. The van der Waals surface area contributed by atoms with Crippen molar-refractivity contribution in [2.75, 3.05) is 5.73 Å². The van der Waals surface area contributed by atoms with Crippen LogP contribution < -0.4 is 10.5 Å². The van der Waals surface area contributed by atoms with Crippen LogP contribution in [0.5, 0.6) is 11.6 Å². The number of nitriles is 1. The smallest absolute Gasteiger partial charge is 0.224 e. The maximum atomic E-state index is 13.1. The zero-order chi connectivity index (χ0) is 17.1. The van der Waals surface area contributed by atoms with Crippen LogP contribution in [-0.4, -0.2) is 4.57 Å². The van der Waals surface area contributed by atoms with Gasteiger partial charge in [0.25, 0.3) is 0 Å². The Kier molecular flexibility index (Phi) is 4.21. The molecule has 5 heteroatoms. The van der Waals surface area contributed by atoms with Crippen molar-refractivity contribution in [3.8, 4) is 17.7 Å². The van der Waals surface area contributed by atoms with E-state index in [9.17, 15) is 9.65 Å². The van der Waals surface area contributed by atoms with E-state index in [0.29, 0.717) is 29.6 Å². The average molecular weight is 321 g/mol. The number of anilines is 1. The highest BCUT2D eigenvalue weighted by molar-refractivity contribution is 5.57. The summed E-state index contributed by atoms with van der Waals surface area (Å²) in [5, 5.41) is 9.36. The van der Waals surface area contributed by atoms with Crippen LogP contribution in [0.1, 0.15) is 16.8 Å². The van der Waals surface area contributed by atoms with Gasteiger partial charge >= 0.3 is 0 Å². The molecule has 0 bridgehead atoms. The number of aromatic nitrogens is 1. The van der Waals surface area contributed by atoms with Crippen LogP contribution in [0, 0.1) is 24.1 Å². The molecule has 3 rings (SSSR count). The number of para-hydroxylation sites is 1. The van der Waals surface area contributed by atoms with Crippen LogP contribution in [0.4, 0.5) is 10.1 Å². The van der Waals surface area contributed by atoms with Crippen LogP contribution >= 0.6 is 0 Å². The van der Waals surface area contributed by atoms with E-state index >= 15 is 0 Å². The molecule has 2 aromatic carbocycles. The molecule has 0 spiro atoms. The number of hydrogen-bond acceptors (Lipinski definition) is 3. The predicted molar refractivity (Wildman–Crippen MR) is 90.3 cm³/mol. The summed E-state index contributed by atoms with van der Waals surface area (Å²) in [7, 11) is 0. The summed E-state index contributed by atoms with van der Waals surface area (Å²) in [6, 6.07) is 17.4. The molecule has 120 valence electrons. The van der Waals surface area contributed by atoms with Gasteiger partial charge in [0, 0.05) is 6.07 Å². The first-order valence-corrected chi connectivity index (χ1v) is 7.45. The largest absolute Gasteiger partial charge is 0.438 e. The minimum absolute atomic E-state index is 0.303. The number of benzene rings is 2. The summed E-state index contributed by atoms with van der Waals surface area (Å²) in [4.78, 5) is 0. The van der Waals surface area contributed by atoms with Gasteiger partial charge in [-0.2, -0.15) is 5.26 Å². The molecule has 0 saturated heterocycles. The second-order valence-electron chi connectivity index (χ2n) is 5.48. The van der Waals surface area contributed by atoms with Crippen molar-refractivity contribution in [1.82, 2.24) is 4.57 Å². The standard InChI is InChI=1S/C19H16FN3O/c1-13-4-2-3-5-18(13)24-19-17(22)10-16(11-21)23(19)12-14-6-8-15(20)9-7-14/h2-10H,12,22H2,1H3. The number of rotatable bonds is 4. The second-order valence-corrected chi connectivity index (χ2v) is 5.48. The van der Waals surface area contributed by atoms with Crippen LogP contribution in [0.3, 0.4) is 0 Å². The first-order valence-electron chi connectivity index (χ1n) is 7.45. The molecule has 1 heterocycles. The molecule has 24 heavy (non-hydrogen) atoms. The molecular formula is C19H16FN3O. The highest BCUT2D eigenvalue weighted by Crippen LogP contribution is 2.33. The number of nitrogen functional groups attached to an aromatic ring is 1. The first kappa shape index (κ1) is 15.6.